The first-order valence-electron chi connectivity index (χ1n) is 6.97. The second-order valence-corrected chi connectivity index (χ2v) is 5.69. The number of rotatable bonds is 1. The molecule has 1 aliphatic heterocycles. The summed E-state index contributed by atoms with van der Waals surface area (Å²) in [5, 5.41) is 0.706. The summed E-state index contributed by atoms with van der Waals surface area (Å²) in [6, 6.07) is 5.68. The van der Waals surface area contributed by atoms with Crippen molar-refractivity contribution in [1.29, 1.82) is 0 Å². The van der Waals surface area contributed by atoms with Crippen LogP contribution in [-0.2, 0) is 6.42 Å². The molecule has 3 rings (SSSR count). The molecule has 21 heavy (non-hydrogen) atoms. The third kappa shape index (κ3) is 2.63. The number of benzene rings is 1. The monoisotopic (exact) mass is 301 g/mol. The van der Waals surface area contributed by atoms with Gasteiger partial charge in [-0.1, -0.05) is 11.6 Å². The van der Waals surface area contributed by atoms with Crippen molar-refractivity contribution in [3.63, 3.8) is 0 Å². The molecule has 0 saturated carbocycles. The summed E-state index contributed by atoms with van der Waals surface area (Å²) in [6.07, 6.45) is 3.50. The van der Waals surface area contributed by atoms with Crippen LogP contribution in [-0.4, -0.2) is 22.4 Å². The highest BCUT2D eigenvalue weighted by molar-refractivity contribution is 6.30. The summed E-state index contributed by atoms with van der Waals surface area (Å²) >= 11 is 6.04. The third-order valence-electron chi connectivity index (χ3n) is 3.74. The summed E-state index contributed by atoms with van der Waals surface area (Å²) < 4.78 is 0. The van der Waals surface area contributed by atoms with Crippen molar-refractivity contribution < 1.29 is 4.79 Å². The van der Waals surface area contributed by atoms with Crippen LogP contribution in [0.4, 0.5) is 5.69 Å². The maximum absolute atomic E-state index is 12.8. The van der Waals surface area contributed by atoms with Gasteiger partial charge in [0.25, 0.3) is 5.91 Å². The van der Waals surface area contributed by atoms with Crippen molar-refractivity contribution in [3.8, 4) is 0 Å². The molecule has 0 atom stereocenters. The molecule has 0 unspecified atom stereocenters. The number of aromatic nitrogens is 2. The average Bonchev–Trinajstić information content (AvgIpc) is 2.45. The molecule has 1 amide bonds. The Morgan fingerprint density at radius 2 is 2.14 bits per heavy atom. The third-order valence-corrected chi connectivity index (χ3v) is 3.97. The first-order chi connectivity index (χ1) is 10.1. The van der Waals surface area contributed by atoms with Crippen LogP contribution in [0.3, 0.4) is 0 Å². The Labute approximate surface area is 128 Å². The zero-order valence-corrected chi connectivity index (χ0v) is 12.8. The van der Waals surface area contributed by atoms with Crippen molar-refractivity contribution in [1.82, 2.24) is 9.97 Å². The Hall–Kier alpha value is -1.94. The van der Waals surface area contributed by atoms with Gasteiger partial charge in [0.2, 0.25) is 0 Å². The zero-order chi connectivity index (χ0) is 15.0. The molecule has 0 bridgehead atoms. The summed E-state index contributed by atoms with van der Waals surface area (Å²) in [5.41, 5.74) is 3.33. The smallest absolute Gasteiger partial charge is 0.261 e. The quantitative estimate of drug-likeness (QED) is 0.811. The second kappa shape index (κ2) is 5.45. The first kappa shape index (κ1) is 14.0. The summed E-state index contributed by atoms with van der Waals surface area (Å²) in [4.78, 5) is 23.0. The maximum atomic E-state index is 12.8. The highest BCUT2D eigenvalue weighted by Crippen LogP contribution is 2.30. The minimum atomic E-state index is -0.0456. The van der Waals surface area contributed by atoms with E-state index in [1.807, 2.05) is 32.0 Å². The molecule has 0 saturated heterocycles. The molecule has 1 aliphatic rings. The lowest BCUT2D eigenvalue weighted by Gasteiger charge is -2.30. The second-order valence-electron chi connectivity index (χ2n) is 5.25. The number of hydrogen-bond donors (Lipinski definition) is 0. The van der Waals surface area contributed by atoms with Crippen LogP contribution in [0.15, 0.2) is 24.4 Å². The lowest BCUT2D eigenvalue weighted by molar-refractivity contribution is 0.0983. The molecule has 0 radical (unpaired) electrons. The molecule has 0 fully saturated rings. The molecule has 1 aromatic heterocycles. The molecule has 4 nitrogen and oxygen atoms in total. The molecule has 0 N–H and O–H groups in total. The fourth-order valence-corrected chi connectivity index (χ4v) is 2.91. The molecular weight excluding hydrogens is 286 g/mol. The highest BCUT2D eigenvalue weighted by atomic mass is 35.5. The van der Waals surface area contributed by atoms with Crippen LogP contribution < -0.4 is 4.90 Å². The fraction of sp³-hybridized carbons (Fsp3) is 0.312. The molecule has 0 aliphatic carbocycles. The number of aryl methyl sites for hydroxylation is 3. The van der Waals surface area contributed by atoms with Gasteiger partial charge in [0.05, 0.1) is 11.3 Å². The minimum absolute atomic E-state index is 0.0456. The van der Waals surface area contributed by atoms with E-state index < -0.39 is 0 Å². The first-order valence-corrected chi connectivity index (χ1v) is 7.34. The largest absolute Gasteiger partial charge is 0.308 e. The van der Waals surface area contributed by atoms with E-state index in [0.29, 0.717) is 28.6 Å². The van der Waals surface area contributed by atoms with Crippen LogP contribution in [0, 0.1) is 13.8 Å². The topological polar surface area (TPSA) is 46.1 Å². The molecule has 1 aromatic carbocycles. The van der Waals surface area contributed by atoms with E-state index in [0.717, 1.165) is 24.1 Å². The maximum Gasteiger partial charge on any atom is 0.261 e. The normalized spacial score (nSPS) is 14.0. The predicted molar refractivity (Wildman–Crippen MR) is 83.0 cm³/mol. The zero-order valence-electron chi connectivity index (χ0n) is 12.1. The molecule has 108 valence electrons. The van der Waals surface area contributed by atoms with Crippen LogP contribution in [0.1, 0.15) is 33.9 Å². The van der Waals surface area contributed by atoms with Crippen LogP contribution in [0.5, 0.6) is 0 Å². The molecule has 2 aromatic rings. The number of amides is 1. The lowest BCUT2D eigenvalue weighted by atomic mass is 10.0. The average molecular weight is 302 g/mol. The van der Waals surface area contributed by atoms with Gasteiger partial charge in [-0.25, -0.2) is 9.97 Å². The van der Waals surface area contributed by atoms with E-state index in [2.05, 4.69) is 9.97 Å². The van der Waals surface area contributed by atoms with Crippen molar-refractivity contribution in [2.75, 3.05) is 11.4 Å². The minimum Gasteiger partial charge on any atom is -0.308 e. The van der Waals surface area contributed by atoms with Gasteiger partial charge in [0, 0.05) is 23.5 Å². The van der Waals surface area contributed by atoms with E-state index in [1.165, 1.54) is 0 Å². The Morgan fingerprint density at radius 1 is 1.33 bits per heavy atom. The van der Waals surface area contributed by atoms with Gasteiger partial charge >= 0.3 is 0 Å². The van der Waals surface area contributed by atoms with E-state index in [1.54, 1.807) is 11.1 Å². The highest BCUT2D eigenvalue weighted by Gasteiger charge is 2.25. The predicted octanol–water partition coefficient (Wildman–Crippen LogP) is 3.34. The SMILES string of the molecule is Cc1ncc(C(=O)N2CCCc3cc(Cl)ccc32)c(C)n1. The number of carbonyl (C=O) groups excluding carboxylic acids is 1. The number of hydrogen-bond acceptors (Lipinski definition) is 3. The van der Waals surface area contributed by atoms with E-state index in [-0.39, 0.29) is 5.91 Å². The van der Waals surface area contributed by atoms with Gasteiger partial charge in [0.15, 0.2) is 0 Å². The molecular formula is C16H16ClN3O. The lowest BCUT2D eigenvalue weighted by Crippen LogP contribution is -2.36. The fourth-order valence-electron chi connectivity index (χ4n) is 2.72. The van der Waals surface area contributed by atoms with E-state index in [9.17, 15) is 4.79 Å². The standard InChI is InChI=1S/C16H16ClN3O/c1-10-14(9-18-11(2)19-10)16(21)20-7-3-4-12-8-13(17)5-6-15(12)20/h5-6,8-9H,3-4,7H2,1-2H3. The van der Waals surface area contributed by atoms with Gasteiger partial charge < -0.3 is 4.90 Å². The van der Waals surface area contributed by atoms with Crippen molar-refractivity contribution in [2.45, 2.75) is 26.7 Å². The van der Waals surface area contributed by atoms with Crippen molar-refractivity contribution in [3.05, 3.63) is 52.1 Å². The van der Waals surface area contributed by atoms with Crippen LogP contribution in [0.25, 0.3) is 0 Å². The van der Waals surface area contributed by atoms with Gasteiger partial charge in [-0.15, -0.1) is 0 Å². The van der Waals surface area contributed by atoms with Crippen molar-refractivity contribution >= 4 is 23.2 Å². The number of halogens is 1. The number of carbonyl (C=O) groups is 1. The Bertz CT molecular complexity index is 715. The van der Waals surface area contributed by atoms with Gasteiger partial charge in [-0.05, 0) is 50.5 Å². The van der Waals surface area contributed by atoms with E-state index >= 15 is 0 Å². The summed E-state index contributed by atoms with van der Waals surface area (Å²) in [7, 11) is 0. The number of fused-ring (bicyclic) bond motifs is 1. The Morgan fingerprint density at radius 3 is 2.90 bits per heavy atom. The molecule has 2 heterocycles. The van der Waals surface area contributed by atoms with Crippen molar-refractivity contribution in [2.24, 2.45) is 0 Å². The Kier molecular flexibility index (Phi) is 3.64. The number of nitrogens with zero attached hydrogens (tertiary/aromatic N) is 3. The summed E-state index contributed by atoms with van der Waals surface area (Å²) in [5.74, 6) is 0.630. The van der Waals surface area contributed by atoms with Crippen LogP contribution in [0.2, 0.25) is 5.02 Å². The van der Waals surface area contributed by atoms with Gasteiger partial charge in [-0.2, -0.15) is 0 Å². The summed E-state index contributed by atoms with van der Waals surface area (Å²) in [6.45, 7) is 4.37. The van der Waals surface area contributed by atoms with Gasteiger partial charge in [0.1, 0.15) is 5.82 Å². The van der Waals surface area contributed by atoms with Crippen LogP contribution >= 0.6 is 11.6 Å². The molecule has 5 heteroatoms. The van der Waals surface area contributed by atoms with Gasteiger partial charge in [-0.3, -0.25) is 4.79 Å². The molecule has 0 spiro atoms. The number of anilines is 1. The Balaban J connectivity index is 2.00. The van der Waals surface area contributed by atoms with E-state index in [4.69, 9.17) is 11.6 Å².